The lowest BCUT2D eigenvalue weighted by Crippen LogP contribution is -2.49. The van der Waals surface area contributed by atoms with Gasteiger partial charge >= 0.3 is 0 Å². The van der Waals surface area contributed by atoms with Crippen LogP contribution in [-0.4, -0.2) is 53.8 Å². The molecule has 0 unspecified atom stereocenters. The molecule has 1 aromatic heterocycles. The Morgan fingerprint density at radius 1 is 1.29 bits per heavy atom. The van der Waals surface area contributed by atoms with Crippen LogP contribution in [0.4, 0.5) is 0 Å². The number of thiophene rings is 1. The zero-order valence-corrected chi connectivity index (χ0v) is 15.4. The Balaban J connectivity index is 1.51. The molecule has 0 bridgehead atoms. The van der Waals surface area contributed by atoms with E-state index in [0.29, 0.717) is 12.6 Å². The lowest BCUT2D eigenvalue weighted by Gasteiger charge is -2.36. The summed E-state index contributed by atoms with van der Waals surface area (Å²) in [5.41, 5.74) is 1.41. The summed E-state index contributed by atoms with van der Waals surface area (Å²) in [6, 6.07) is 2.79. The van der Waals surface area contributed by atoms with Gasteiger partial charge in [-0.1, -0.05) is 6.92 Å². The molecule has 1 N–H and O–H groups in total. The van der Waals surface area contributed by atoms with Gasteiger partial charge in [0.2, 0.25) is 11.8 Å². The monoisotopic (exact) mass is 349 g/mol. The van der Waals surface area contributed by atoms with Crippen molar-refractivity contribution >= 4 is 23.2 Å². The Bertz CT molecular complexity index is 593. The van der Waals surface area contributed by atoms with Gasteiger partial charge in [0.1, 0.15) is 0 Å². The van der Waals surface area contributed by atoms with E-state index in [4.69, 9.17) is 0 Å². The van der Waals surface area contributed by atoms with Crippen LogP contribution >= 0.6 is 11.3 Å². The molecule has 2 amide bonds. The van der Waals surface area contributed by atoms with Crippen LogP contribution < -0.4 is 5.32 Å². The SMILES string of the molecule is CC[C@@H]1c2ccsc2CCN1CC(=O)NC1CCN(C(C)=O)CC1. The van der Waals surface area contributed by atoms with Crippen molar-refractivity contribution in [1.29, 1.82) is 0 Å². The molecule has 0 radical (unpaired) electrons. The van der Waals surface area contributed by atoms with Crippen molar-refractivity contribution in [3.8, 4) is 0 Å². The highest BCUT2D eigenvalue weighted by atomic mass is 32.1. The van der Waals surface area contributed by atoms with E-state index in [1.54, 1.807) is 6.92 Å². The number of piperidine rings is 1. The first kappa shape index (κ1) is 17.4. The molecule has 1 saturated heterocycles. The lowest BCUT2D eigenvalue weighted by atomic mass is 9.98. The number of carbonyl (C=O) groups is 2. The molecule has 3 heterocycles. The van der Waals surface area contributed by atoms with E-state index in [9.17, 15) is 9.59 Å². The van der Waals surface area contributed by atoms with E-state index in [1.807, 2.05) is 16.2 Å². The molecule has 0 aromatic carbocycles. The maximum absolute atomic E-state index is 12.5. The third-order valence-corrected chi connectivity index (χ3v) is 6.24. The molecule has 0 spiro atoms. The molecule has 3 rings (SSSR count). The van der Waals surface area contributed by atoms with E-state index in [2.05, 4.69) is 28.6 Å². The van der Waals surface area contributed by atoms with Gasteiger partial charge < -0.3 is 10.2 Å². The predicted molar refractivity (Wildman–Crippen MR) is 96.0 cm³/mol. The zero-order chi connectivity index (χ0) is 17.1. The topological polar surface area (TPSA) is 52.7 Å². The Labute approximate surface area is 148 Å². The zero-order valence-electron chi connectivity index (χ0n) is 14.6. The molecule has 1 atom stereocenters. The molecule has 2 aliphatic heterocycles. The van der Waals surface area contributed by atoms with Crippen LogP contribution in [0.1, 0.15) is 49.6 Å². The number of amides is 2. The number of fused-ring (bicyclic) bond motifs is 1. The number of likely N-dealkylation sites (tertiary alicyclic amines) is 1. The number of nitrogens with one attached hydrogen (secondary N) is 1. The summed E-state index contributed by atoms with van der Waals surface area (Å²) in [5, 5.41) is 5.34. The molecule has 1 fully saturated rings. The summed E-state index contributed by atoms with van der Waals surface area (Å²) in [5.74, 6) is 0.249. The number of carbonyl (C=O) groups excluding carboxylic acids is 2. The molecular weight excluding hydrogens is 322 g/mol. The average molecular weight is 350 g/mol. The Hall–Kier alpha value is -1.40. The van der Waals surface area contributed by atoms with Gasteiger partial charge in [-0.05, 0) is 42.7 Å². The van der Waals surface area contributed by atoms with Gasteiger partial charge in [0.25, 0.3) is 0 Å². The molecule has 0 aliphatic carbocycles. The minimum Gasteiger partial charge on any atom is -0.352 e. The van der Waals surface area contributed by atoms with Crippen molar-refractivity contribution in [2.45, 2.75) is 51.6 Å². The smallest absolute Gasteiger partial charge is 0.234 e. The van der Waals surface area contributed by atoms with E-state index >= 15 is 0 Å². The van der Waals surface area contributed by atoms with E-state index in [1.165, 1.54) is 10.4 Å². The molecule has 2 aliphatic rings. The van der Waals surface area contributed by atoms with Crippen molar-refractivity contribution in [2.24, 2.45) is 0 Å². The highest BCUT2D eigenvalue weighted by molar-refractivity contribution is 7.10. The van der Waals surface area contributed by atoms with E-state index in [-0.39, 0.29) is 17.9 Å². The first-order chi connectivity index (χ1) is 11.6. The van der Waals surface area contributed by atoms with Crippen LogP contribution in [0.5, 0.6) is 0 Å². The van der Waals surface area contributed by atoms with Crippen molar-refractivity contribution in [3.05, 3.63) is 21.9 Å². The summed E-state index contributed by atoms with van der Waals surface area (Å²) < 4.78 is 0. The van der Waals surface area contributed by atoms with Crippen LogP contribution in [0.15, 0.2) is 11.4 Å². The molecule has 6 heteroatoms. The molecule has 0 saturated carbocycles. The standard InChI is InChI=1S/C18H27N3O2S/c1-3-16-15-7-11-24-17(15)6-10-21(16)12-18(23)19-14-4-8-20(9-5-14)13(2)22/h7,11,14,16H,3-6,8-10,12H2,1-2H3,(H,19,23)/t16-/m1/s1. The summed E-state index contributed by atoms with van der Waals surface area (Å²) in [4.78, 5) is 29.5. The highest BCUT2D eigenvalue weighted by Crippen LogP contribution is 2.34. The minimum atomic E-state index is 0.119. The number of nitrogens with zero attached hydrogens (tertiary/aromatic N) is 2. The first-order valence-corrected chi connectivity index (χ1v) is 9.81. The number of hydrogen-bond acceptors (Lipinski definition) is 4. The second-order valence-electron chi connectivity index (χ2n) is 6.79. The molecule has 1 aromatic rings. The van der Waals surface area contributed by atoms with Crippen LogP contribution in [0.3, 0.4) is 0 Å². The fourth-order valence-corrected chi connectivity index (χ4v) is 4.84. The van der Waals surface area contributed by atoms with Crippen molar-refractivity contribution in [1.82, 2.24) is 15.1 Å². The number of hydrogen-bond donors (Lipinski definition) is 1. The van der Waals surface area contributed by atoms with Gasteiger partial charge in [-0.3, -0.25) is 14.5 Å². The second kappa shape index (κ2) is 7.66. The molecular formula is C18H27N3O2S. The fourth-order valence-electron chi connectivity index (χ4n) is 3.91. The first-order valence-electron chi connectivity index (χ1n) is 8.93. The maximum atomic E-state index is 12.5. The maximum Gasteiger partial charge on any atom is 0.234 e. The predicted octanol–water partition coefficient (Wildman–Crippen LogP) is 2.18. The Morgan fingerprint density at radius 3 is 2.71 bits per heavy atom. The normalized spacial score (nSPS) is 22.2. The third kappa shape index (κ3) is 3.81. The van der Waals surface area contributed by atoms with Crippen molar-refractivity contribution < 1.29 is 9.59 Å². The number of rotatable bonds is 4. The Kier molecular flexibility index (Phi) is 5.56. The van der Waals surface area contributed by atoms with Gasteiger partial charge in [-0.25, -0.2) is 0 Å². The van der Waals surface area contributed by atoms with E-state index < -0.39 is 0 Å². The molecule has 24 heavy (non-hydrogen) atoms. The van der Waals surface area contributed by atoms with Gasteiger partial charge in [-0.15, -0.1) is 11.3 Å². The van der Waals surface area contributed by atoms with Crippen LogP contribution in [0.25, 0.3) is 0 Å². The van der Waals surface area contributed by atoms with Gasteiger partial charge in [-0.2, -0.15) is 0 Å². The fraction of sp³-hybridized carbons (Fsp3) is 0.667. The summed E-state index contributed by atoms with van der Waals surface area (Å²) >= 11 is 1.84. The van der Waals surface area contributed by atoms with Crippen molar-refractivity contribution in [2.75, 3.05) is 26.2 Å². The summed E-state index contributed by atoms with van der Waals surface area (Å²) in [6.45, 7) is 6.74. The van der Waals surface area contributed by atoms with Gasteiger partial charge in [0.15, 0.2) is 0 Å². The van der Waals surface area contributed by atoms with Crippen LogP contribution in [0.2, 0.25) is 0 Å². The van der Waals surface area contributed by atoms with Crippen LogP contribution in [-0.2, 0) is 16.0 Å². The van der Waals surface area contributed by atoms with Gasteiger partial charge in [0.05, 0.1) is 6.54 Å². The van der Waals surface area contributed by atoms with Gasteiger partial charge in [0, 0.05) is 43.5 Å². The molecule has 5 nitrogen and oxygen atoms in total. The minimum absolute atomic E-state index is 0.119. The third-order valence-electron chi connectivity index (χ3n) is 5.24. The Morgan fingerprint density at radius 2 is 2.04 bits per heavy atom. The lowest BCUT2D eigenvalue weighted by molar-refractivity contribution is -0.130. The summed E-state index contributed by atoms with van der Waals surface area (Å²) in [6.07, 6.45) is 3.80. The average Bonchev–Trinajstić information content (AvgIpc) is 3.03. The summed E-state index contributed by atoms with van der Waals surface area (Å²) in [7, 11) is 0. The van der Waals surface area contributed by atoms with Crippen molar-refractivity contribution in [3.63, 3.8) is 0 Å². The highest BCUT2D eigenvalue weighted by Gasteiger charge is 2.29. The largest absolute Gasteiger partial charge is 0.352 e. The molecule has 132 valence electrons. The quantitative estimate of drug-likeness (QED) is 0.906. The second-order valence-corrected chi connectivity index (χ2v) is 7.79. The van der Waals surface area contributed by atoms with Crippen LogP contribution in [0, 0.1) is 0 Å². The van der Waals surface area contributed by atoms with E-state index in [0.717, 1.165) is 45.3 Å².